The van der Waals surface area contributed by atoms with Crippen molar-refractivity contribution in [3.63, 3.8) is 0 Å². The van der Waals surface area contributed by atoms with Crippen molar-refractivity contribution in [2.24, 2.45) is 14.1 Å². The van der Waals surface area contributed by atoms with Gasteiger partial charge in [-0.1, -0.05) is 140 Å². The minimum absolute atomic E-state index is 0. The Morgan fingerprint density at radius 2 is 0.928 bits per heavy atom. The molecule has 0 unspecified atom stereocenters. The number of rotatable bonds is 11. The predicted octanol–water partition coefficient (Wildman–Crippen LogP) is 9.31. The molecular weight excluding hydrogens is 1040 g/mol. The van der Waals surface area contributed by atoms with Gasteiger partial charge >= 0.3 is 0 Å². The third kappa shape index (κ3) is 11.0. The number of benzene rings is 6. The maximum atomic E-state index is 5.63. The van der Waals surface area contributed by atoms with Crippen LogP contribution in [0.25, 0.3) is 67.9 Å². The molecule has 0 atom stereocenters. The number of imidazole rings is 2. The van der Waals surface area contributed by atoms with Crippen LogP contribution in [0.15, 0.2) is 170 Å². The van der Waals surface area contributed by atoms with Crippen molar-refractivity contribution in [3.8, 4) is 90.9 Å². The maximum Gasteiger partial charge on any atom is 0.242 e. The smallest absolute Gasteiger partial charge is 0.242 e. The molecule has 0 fully saturated rings. The van der Waals surface area contributed by atoms with Gasteiger partial charge < -0.3 is 47.3 Å². The summed E-state index contributed by atoms with van der Waals surface area (Å²) in [7, 11) is 10.6. The first-order chi connectivity index (χ1) is 33.3. The molecule has 0 aliphatic heterocycles. The summed E-state index contributed by atoms with van der Waals surface area (Å²) in [4.78, 5) is 8.19. The van der Waals surface area contributed by atoms with Gasteiger partial charge in [-0.3, -0.25) is 10.1 Å². The quantitative estimate of drug-likeness (QED) is 0.0933. The average molecular weight is 1090 g/mol. The molecule has 4 aromatic heterocycles. The minimum Gasteiger partial charge on any atom is -0.560 e. The van der Waals surface area contributed by atoms with Gasteiger partial charge in [-0.05, 0) is 58.5 Å². The van der Waals surface area contributed by atoms with E-state index in [0.717, 1.165) is 62.1 Å². The molecule has 12 nitrogen and oxygen atoms in total. The largest absolute Gasteiger partial charge is 0.560 e. The molecule has 0 saturated heterocycles. The zero-order valence-corrected chi connectivity index (χ0v) is 41.6. The summed E-state index contributed by atoms with van der Waals surface area (Å²) in [5, 5.41) is 7.65. The molecule has 1 radical (unpaired) electrons. The first kappa shape index (κ1) is 48.8. The van der Waals surface area contributed by atoms with E-state index in [4.69, 9.17) is 18.9 Å². The monoisotopic (exact) mass is 1090 g/mol. The van der Waals surface area contributed by atoms with Gasteiger partial charge in [0, 0.05) is 55.1 Å². The molecule has 0 aliphatic carbocycles. The fourth-order valence-electron chi connectivity index (χ4n) is 7.65. The Morgan fingerprint density at radius 3 is 1.28 bits per heavy atom. The van der Waals surface area contributed by atoms with Crippen LogP contribution in [0.3, 0.4) is 0 Å². The van der Waals surface area contributed by atoms with E-state index in [1.165, 1.54) is 0 Å². The Morgan fingerprint density at radius 1 is 0.522 bits per heavy atom. The first-order valence-corrected chi connectivity index (χ1v) is 21.6. The molecule has 6 aromatic carbocycles. The van der Waals surface area contributed by atoms with Crippen molar-refractivity contribution in [1.29, 1.82) is 0 Å². The number of pyridine rings is 1. The van der Waals surface area contributed by atoms with E-state index in [1.54, 1.807) is 41.6 Å². The van der Waals surface area contributed by atoms with Gasteiger partial charge in [0.05, 0.1) is 71.0 Å². The van der Waals surface area contributed by atoms with E-state index < -0.39 is 0 Å². The van der Waals surface area contributed by atoms with Crippen LogP contribution in [0, 0.1) is 31.7 Å². The van der Waals surface area contributed by atoms with Crippen LogP contribution in [0.2, 0.25) is 0 Å². The van der Waals surface area contributed by atoms with Crippen molar-refractivity contribution in [1.82, 2.24) is 29.3 Å². The third-order valence-electron chi connectivity index (χ3n) is 10.8. The minimum atomic E-state index is 0. The number of methoxy groups -OCH3 is 4. The van der Waals surface area contributed by atoms with Gasteiger partial charge in [0.25, 0.3) is 0 Å². The van der Waals surface area contributed by atoms with Gasteiger partial charge in [-0.2, -0.15) is 12.1 Å². The topological polar surface area (TPSA) is 107 Å². The molecular formula is C56H49IrN8O4-3. The van der Waals surface area contributed by atoms with Crippen LogP contribution in [-0.4, -0.2) is 52.6 Å². The Hall–Kier alpha value is -8.12. The molecule has 10 rings (SSSR count). The van der Waals surface area contributed by atoms with Crippen molar-refractivity contribution in [3.05, 3.63) is 201 Å². The predicted molar refractivity (Wildman–Crippen MR) is 261 cm³/mol. The van der Waals surface area contributed by atoms with E-state index in [-0.39, 0.29) is 20.1 Å². The zero-order valence-electron chi connectivity index (χ0n) is 39.2. The van der Waals surface area contributed by atoms with Gasteiger partial charge in [0.15, 0.2) is 0 Å². The number of aryl methyl sites for hydroxylation is 3. The van der Waals surface area contributed by atoms with Gasteiger partial charge in [0.2, 0.25) is 12.7 Å². The molecule has 0 N–H and O–H groups in total. The second-order valence-electron chi connectivity index (χ2n) is 15.2. The molecule has 4 heterocycles. The summed E-state index contributed by atoms with van der Waals surface area (Å²) in [6, 6.07) is 60.7. The summed E-state index contributed by atoms with van der Waals surface area (Å²) in [6.07, 6.45) is 8.55. The molecule has 69 heavy (non-hydrogen) atoms. The zero-order chi connectivity index (χ0) is 47.4. The molecule has 0 bridgehead atoms. The Kier molecular flexibility index (Phi) is 16.3. The average Bonchev–Trinajstić information content (AvgIpc) is 4.11. The summed E-state index contributed by atoms with van der Waals surface area (Å²) >= 11 is 0. The Bertz CT molecular complexity index is 3020. The second kappa shape index (κ2) is 23.1. The van der Waals surface area contributed by atoms with Crippen molar-refractivity contribution >= 4 is 0 Å². The van der Waals surface area contributed by atoms with Crippen LogP contribution in [0.5, 0.6) is 23.0 Å². The summed E-state index contributed by atoms with van der Waals surface area (Å²) < 4.78 is 29.9. The van der Waals surface area contributed by atoms with E-state index in [9.17, 15) is 0 Å². The van der Waals surface area contributed by atoms with Gasteiger partial charge in [0.1, 0.15) is 0 Å². The molecule has 0 spiro atoms. The summed E-state index contributed by atoms with van der Waals surface area (Å²) in [6.45, 7) is 1.80. The van der Waals surface area contributed by atoms with E-state index in [1.807, 2.05) is 148 Å². The number of hydrogen-bond donors (Lipinski definition) is 0. The maximum absolute atomic E-state index is 5.63. The second-order valence-corrected chi connectivity index (χ2v) is 15.2. The Labute approximate surface area is 416 Å². The fraction of sp³-hybridized carbons (Fsp3) is 0.125. The third-order valence-corrected chi connectivity index (χ3v) is 10.8. The van der Waals surface area contributed by atoms with E-state index in [0.29, 0.717) is 34.6 Å². The Balaban J connectivity index is 0.000000163. The van der Waals surface area contributed by atoms with Crippen molar-refractivity contribution in [2.75, 3.05) is 28.4 Å². The van der Waals surface area contributed by atoms with Crippen molar-refractivity contribution < 1.29 is 48.2 Å². The number of hydrogen-bond acceptors (Lipinski definition) is 7. The molecule has 0 amide bonds. The molecule has 13 heteroatoms. The normalized spacial score (nSPS) is 10.4. The summed E-state index contributed by atoms with van der Waals surface area (Å²) in [5.41, 5.74) is 10.9. The van der Waals surface area contributed by atoms with Crippen LogP contribution >= 0.6 is 0 Å². The van der Waals surface area contributed by atoms with Crippen LogP contribution in [0.4, 0.5) is 0 Å². The van der Waals surface area contributed by atoms with E-state index >= 15 is 0 Å². The van der Waals surface area contributed by atoms with Crippen LogP contribution < -0.4 is 33.2 Å². The molecule has 0 saturated carbocycles. The van der Waals surface area contributed by atoms with Crippen LogP contribution in [-0.2, 0) is 34.2 Å². The number of nitrogens with zero attached hydrogens (tertiary/aromatic N) is 8. The molecule has 349 valence electrons. The molecule has 10 aromatic rings. The van der Waals surface area contributed by atoms with Gasteiger partial charge in [-0.15, -0.1) is 12.1 Å². The number of aromatic nitrogens is 8. The van der Waals surface area contributed by atoms with Crippen molar-refractivity contribution in [2.45, 2.75) is 6.92 Å². The first-order valence-electron chi connectivity index (χ1n) is 21.6. The number of ether oxygens (including phenoxy) is 4. The standard InChI is InChI=1S/2C24H21N2O2.C8H7N4.Ir/c2*1-25-17-26(21-15-14-20(27-2)16-22(21)28-3)24(19-12-8-5-9-13-19)23(25)18-10-6-4-7-11-18;1-6-10-8(12-11-6)7-4-2-3-5-9-7;/h2*4-14,16H,1-3H3;2-5H,1H3;/q3*-1;. The van der Waals surface area contributed by atoms with Crippen LogP contribution in [0.1, 0.15) is 5.82 Å². The SMILES string of the molecule is COc1c[c-]c(-n2[c-][n+](C)c(-c3ccccc3)c2-c2ccccc2)c(OC)c1.COc1c[c-]c(-n2[c-][n+](C)c(-c3ccccc3)c2-c2ccccc2)c(OC)c1.Cc1n[n-]c(-c2ccccn2)n1.[Ir]. The van der Waals surface area contributed by atoms with Gasteiger partial charge in [-0.25, -0.2) is 0 Å². The summed E-state index contributed by atoms with van der Waals surface area (Å²) in [5.74, 6) is 4.00. The molecule has 0 aliphatic rings. The van der Waals surface area contributed by atoms with E-state index in [2.05, 4.69) is 93.5 Å². The fourth-order valence-corrected chi connectivity index (χ4v) is 7.65.